The molecule has 0 bridgehead atoms. The van der Waals surface area contributed by atoms with Crippen LogP contribution < -0.4 is 10.2 Å². The maximum atomic E-state index is 12.8. The number of nitrogens with one attached hydrogen (secondary N) is 1. The Morgan fingerprint density at radius 3 is 2.52 bits per heavy atom. The number of carbonyl (C=O) groups excluding carboxylic acids is 1. The van der Waals surface area contributed by atoms with Gasteiger partial charge >= 0.3 is 6.03 Å². The summed E-state index contributed by atoms with van der Waals surface area (Å²) in [7, 11) is 0. The number of urea groups is 1. The number of aromatic nitrogens is 2. The van der Waals surface area contributed by atoms with Crippen LogP contribution in [0.3, 0.4) is 0 Å². The molecule has 6 heteroatoms. The molecule has 2 amide bonds. The molecule has 0 unspecified atom stereocenters. The van der Waals surface area contributed by atoms with Crippen molar-refractivity contribution in [3.8, 4) is 0 Å². The molecule has 0 aromatic carbocycles. The van der Waals surface area contributed by atoms with E-state index in [0.717, 1.165) is 62.2 Å². The van der Waals surface area contributed by atoms with E-state index < -0.39 is 0 Å². The summed E-state index contributed by atoms with van der Waals surface area (Å²) in [6.07, 6.45) is 9.27. The first-order valence-electron chi connectivity index (χ1n) is 10.8. The van der Waals surface area contributed by atoms with Crippen molar-refractivity contribution in [1.82, 2.24) is 20.2 Å². The smallest absolute Gasteiger partial charge is 0.317 e. The molecule has 2 fully saturated rings. The van der Waals surface area contributed by atoms with Gasteiger partial charge in [0.1, 0.15) is 11.6 Å². The molecule has 1 aromatic heterocycles. The third-order valence-electron chi connectivity index (χ3n) is 6.45. The predicted molar refractivity (Wildman–Crippen MR) is 107 cm³/mol. The van der Waals surface area contributed by atoms with E-state index in [2.05, 4.69) is 17.1 Å². The lowest BCUT2D eigenvalue weighted by molar-refractivity contribution is 0.184. The first-order valence-corrected chi connectivity index (χ1v) is 10.8. The van der Waals surface area contributed by atoms with Crippen molar-refractivity contribution in [3.05, 3.63) is 17.1 Å². The van der Waals surface area contributed by atoms with Gasteiger partial charge in [-0.1, -0.05) is 26.2 Å². The lowest BCUT2D eigenvalue weighted by atomic mass is 9.95. The highest BCUT2D eigenvalue weighted by Gasteiger charge is 2.29. The van der Waals surface area contributed by atoms with Gasteiger partial charge in [0.15, 0.2) is 0 Å². The normalized spacial score (nSPS) is 21.9. The van der Waals surface area contributed by atoms with Crippen LogP contribution in [0.15, 0.2) is 0 Å². The standard InChI is InChI=1S/C21H33N5O/c1-15-8-11-25(12-9-15)20-18-14-26(13-10-19(18)22-16(2)23-20)21(27)24-17-6-4-3-5-7-17/h15,17H,3-14H2,1-2H3,(H,24,27). The Labute approximate surface area is 162 Å². The Bertz CT molecular complexity index is 677. The van der Waals surface area contributed by atoms with Gasteiger partial charge < -0.3 is 15.1 Å². The lowest BCUT2D eigenvalue weighted by Gasteiger charge is -2.36. The van der Waals surface area contributed by atoms with Crippen LogP contribution in [0.25, 0.3) is 0 Å². The van der Waals surface area contributed by atoms with Gasteiger partial charge in [0.2, 0.25) is 0 Å². The van der Waals surface area contributed by atoms with E-state index >= 15 is 0 Å². The minimum absolute atomic E-state index is 0.0892. The van der Waals surface area contributed by atoms with Gasteiger partial charge in [-0.05, 0) is 38.5 Å². The van der Waals surface area contributed by atoms with Gasteiger partial charge in [0, 0.05) is 37.7 Å². The van der Waals surface area contributed by atoms with Crippen molar-refractivity contribution < 1.29 is 4.79 Å². The number of hydrogen-bond acceptors (Lipinski definition) is 4. The van der Waals surface area contributed by atoms with Crippen molar-refractivity contribution in [2.75, 3.05) is 24.5 Å². The second-order valence-electron chi connectivity index (χ2n) is 8.65. The summed E-state index contributed by atoms with van der Waals surface area (Å²) in [5, 5.41) is 3.27. The monoisotopic (exact) mass is 371 g/mol. The Balaban J connectivity index is 1.49. The highest BCUT2D eigenvalue weighted by molar-refractivity contribution is 5.75. The fourth-order valence-corrected chi connectivity index (χ4v) is 4.69. The molecule has 0 spiro atoms. The molecule has 1 saturated carbocycles. The van der Waals surface area contributed by atoms with Gasteiger partial charge in [0.05, 0.1) is 12.2 Å². The van der Waals surface area contributed by atoms with Crippen molar-refractivity contribution >= 4 is 11.8 Å². The Kier molecular flexibility index (Phi) is 5.50. The number of piperidine rings is 1. The molecule has 0 radical (unpaired) electrons. The molecule has 2 aliphatic heterocycles. The summed E-state index contributed by atoms with van der Waals surface area (Å²) in [6, 6.07) is 0.441. The van der Waals surface area contributed by atoms with E-state index in [9.17, 15) is 4.79 Å². The zero-order valence-electron chi connectivity index (χ0n) is 16.8. The van der Waals surface area contributed by atoms with E-state index in [1.807, 2.05) is 11.8 Å². The first kappa shape index (κ1) is 18.5. The summed E-state index contributed by atoms with van der Waals surface area (Å²) in [5.41, 5.74) is 2.30. The number of anilines is 1. The Morgan fingerprint density at radius 1 is 1.04 bits per heavy atom. The zero-order valence-corrected chi connectivity index (χ0v) is 16.8. The summed E-state index contributed by atoms with van der Waals surface area (Å²) in [5.74, 6) is 2.71. The van der Waals surface area contributed by atoms with Gasteiger partial charge in [-0.25, -0.2) is 14.8 Å². The number of fused-ring (bicyclic) bond motifs is 1. The molecule has 3 heterocycles. The fourth-order valence-electron chi connectivity index (χ4n) is 4.69. The largest absolute Gasteiger partial charge is 0.356 e. The number of nitrogens with zero attached hydrogens (tertiary/aromatic N) is 4. The van der Waals surface area contributed by atoms with Crippen LogP contribution >= 0.6 is 0 Å². The quantitative estimate of drug-likeness (QED) is 0.865. The summed E-state index contributed by atoms with van der Waals surface area (Å²) in [4.78, 5) is 26.7. The second kappa shape index (κ2) is 8.03. The predicted octanol–water partition coefficient (Wildman–Crippen LogP) is 3.42. The SMILES string of the molecule is Cc1nc2c(c(N3CCC(C)CC3)n1)CN(C(=O)NC1CCCCC1)CC2. The molecule has 148 valence electrons. The molecule has 1 N–H and O–H groups in total. The van der Waals surface area contributed by atoms with E-state index in [1.54, 1.807) is 0 Å². The molecule has 1 aliphatic carbocycles. The van der Waals surface area contributed by atoms with Crippen LogP contribution in [-0.4, -0.2) is 46.6 Å². The summed E-state index contributed by atoms with van der Waals surface area (Å²) < 4.78 is 0. The van der Waals surface area contributed by atoms with E-state index in [4.69, 9.17) is 9.97 Å². The number of rotatable bonds is 2. The minimum Gasteiger partial charge on any atom is -0.356 e. The van der Waals surface area contributed by atoms with Crippen molar-refractivity contribution in [3.63, 3.8) is 0 Å². The van der Waals surface area contributed by atoms with E-state index in [1.165, 1.54) is 37.7 Å². The Hall–Kier alpha value is -1.85. The molecule has 3 aliphatic rings. The topological polar surface area (TPSA) is 61.4 Å². The van der Waals surface area contributed by atoms with Crippen LogP contribution in [0.1, 0.15) is 69.0 Å². The van der Waals surface area contributed by atoms with E-state index in [0.29, 0.717) is 12.6 Å². The average molecular weight is 372 g/mol. The van der Waals surface area contributed by atoms with Gasteiger partial charge in [0.25, 0.3) is 0 Å². The molecular weight excluding hydrogens is 338 g/mol. The molecule has 6 nitrogen and oxygen atoms in total. The van der Waals surface area contributed by atoms with Crippen LogP contribution in [0, 0.1) is 12.8 Å². The van der Waals surface area contributed by atoms with Crippen molar-refractivity contribution in [2.24, 2.45) is 5.92 Å². The van der Waals surface area contributed by atoms with Crippen molar-refractivity contribution in [1.29, 1.82) is 0 Å². The maximum Gasteiger partial charge on any atom is 0.317 e. The third-order valence-corrected chi connectivity index (χ3v) is 6.45. The maximum absolute atomic E-state index is 12.8. The van der Waals surface area contributed by atoms with Gasteiger partial charge in [-0.3, -0.25) is 0 Å². The molecule has 4 rings (SSSR count). The van der Waals surface area contributed by atoms with Gasteiger partial charge in [-0.2, -0.15) is 0 Å². The third kappa shape index (κ3) is 4.19. The molecule has 0 atom stereocenters. The molecule has 27 heavy (non-hydrogen) atoms. The number of amides is 2. The summed E-state index contributed by atoms with van der Waals surface area (Å²) >= 11 is 0. The lowest BCUT2D eigenvalue weighted by Crippen LogP contribution is -2.47. The molecule has 1 aromatic rings. The number of hydrogen-bond donors (Lipinski definition) is 1. The van der Waals surface area contributed by atoms with E-state index in [-0.39, 0.29) is 6.03 Å². The molecular formula is C21H33N5O. The Morgan fingerprint density at radius 2 is 1.78 bits per heavy atom. The average Bonchev–Trinajstić information content (AvgIpc) is 2.68. The molecule has 1 saturated heterocycles. The van der Waals surface area contributed by atoms with Crippen LogP contribution in [-0.2, 0) is 13.0 Å². The summed E-state index contributed by atoms with van der Waals surface area (Å²) in [6.45, 7) is 7.80. The number of aryl methyl sites for hydroxylation is 1. The van der Waals surface area contributed by atoms with Crippen LogP contribution in [0.2, 0.25) is 0 Å². The van der Waals surface area contributed by atoms with Crippen molar-refractivity contribution in [2.45, 2.75) is 77.8 Å². The first-order chi connectivity index (χ1) is 13.1. The van der Waals surface area contributed by atoms with Crippen LogP contribution in [0.5, 0.6) is 0 Å². The minimum atomic E-state index is 0.0892. The number of carbonyl (C=O) groups is 1. The fraction of sp³-hybridized carbons (Fsp3) is 0.762. The highest BCUT2D eigenvalue weighted by atomic mass is 16.2. The second-order valence-corrected chi connectivity index (χ2v) is 8.65. The van der Waals surface area contributed by atoms with Crippen LogP contribution in [0.4, 0.5) is 10.6 Å². The highest BCUT2D eigenvalue weighted by Crippen LogP contribution is 2.30. The van der Waals surface area contributed by atoms with Gasteiger partial charge in [-0.15, -0.1) is 0 Å². The zero-order chi connectivity index (χ0) is 18.8.